The molecule has 7 nitrogen and oxygen atoms in total. The fraction of sp³-hybridized carbons (Fsp3) is 0.150. The molecule has 0 aliphatic carbocycles. The molecule has 0 bridgehead atoms. The van der Waals surface area contributed by atoms with Gasteiger partial charge in [-0.15, -0.1) is 11.3 Å². The predicted molar refractivity (Wildman–Crippen MR) is 107 cm³/mol. The van der Waals surface area contributed by atoms with Crippen LogP contribution in [0.5, 0.6) is 11.5 Å². The summed E-state index contributed by atoms with van der Waals surface area (Å²) < 4.78 is 11.3. The molecule has 142 valence electrons. The summed E-state index contributed by atoms with van der Waals surface area (Å²) in [5.74, 6) is 0.748. The summed E-state index contributed by atoms with van der Waals surface area (Å²) >= 11 is 1.33. The van der Waals surface area contributed by atoms with Crippen molar-refractivity contribution < 1.29 is 19.1 Å². The quantitative estimate of drug-likeness (QED) is 0.705. The number of rotatable bonds is 4. The maximum atomic E-state index is 12.5. The highest BCUT2D eigenvalue weighted by atomic mass is 32.1. The van der Waals surface area contributed by atoms with Crippen molar-refractivity contribution in [1.82, 2.24) is 4.98 Å². The van der Waals surface area contributed by atoms with E-state index in [0.717, 1.165) is 16.9 Å². The van der Waals surface area contributed by atoms with Crippen LogP contribution in [0.4, 0.5) is 10.8 Å². The summed E-state index contributed by atoms with van der Waals surface area (Å²) in [6.45, 7) is 1.61. The van der Waals surface area contributed by atoms with E-state index < -0.39 is 6.10 Å². The maximum Gasteiger partial charge on any atom is 0.270 e. The lowest BCUT2D eigenvalue weighted by atomic mass is 10.1. The zero-order valence-electron chi connectivity index (χ0n) is 15.0. The fourth-order valence-corrected chi connectivity index (χ4v) is 3.45. The van der Waals surface area contributed by atoms with Gasteiger partial charge in [-0.2, -0.15) is 0 Å². The number of thiazole rings is 1. The number of carbonyl (C=O) groups is 2. The highest BCUT2D eigenvalue weighted by Crippen LogP contribution is 2.31. The summed E-state index contributed by atoms with van der Waals surface area (Å²) in [6.07, 6.45) is -0.737. The standard InChI is InChI=1S/C20H17N3O4S/c1-12(24)21-14-8-6-13(7-9-14)15-11-28-20(22-15)23-19(25)18-10-26-16-4-2-3-5-17(16)27-18/h2-9,11,18H,10H2,1H3,(H,21,24)(H,22,23,25)/t18-/m0/s1. The molecule has 1 atom stereocenters. The summed E-state index contributed by atoms with van der Waals surface area (Å²) in [6, 6.07) is 14.6. The van der Waals surface area contributed by atoms with Crippen molar-refractivity contribution in [3.8, 4) is 22.8 Å². The van der Waals surface area contributed by atoms with Crippen molar-refractivity contribution in [2.75, 3.05) is 17.2 Å². The first-order chi connectivity index (χ1) is 13.6. The molecular formula is C20H17N3O4S. The number of para-hydroxylation sites is 2. The second-order valence-electron chi connectivity index (χ2n) is 6.15. The van der Waals surface area contributed by atoms with Crippen molar-refractivity contribution in [2.45, 2.75) is 13.0 Å². The molecule has 8 heteroatoms. The molecular weight excluding hydrogens is 378 g/mol. The second-order valence-corrected chi connectivity index (χ2v) is 7.01. The Kier molecular flexibility index (Phi) is 4.94. The van der Waals surface area contributed by atoms with Gasteiger partial charge in [-0.3, -0.25) is 14.9 Å². The van der Waals surface area contributed by atoms with Crippen LogP contribution in [0.2, 0.25) is 0 Å². The van der Waals surface area contributed by atoms with Crippen LogP contribution in [0, 0.1) is 0 Å². The number of carbonyl (C=O) groups excluding carboxylic acids is 2. The Balaban J connectivity index is 1.41. The van der Waals surface area contributed by atoms with Crippen LogP contribution in [0.3, 0.4) is 0 Å². The van der Waals surface area contributed by atoms with Crippen molar-refractivity contribution in [3.63, 3.8) is 0 Å². The molecule has 1 aliphatic rings. The monoisotopic (exact) mass is 395 g/mol. The summed E-state index contributed by atoms with van der Waals surface area (Å²) in [4.78, 5) is 28.0. The molecule has 0 fully saturated rings. The molecule has 28 heavy (non-hydrogen) atoms. The molecule has 0 spiro atoms. The zero-order valence-corrected chi connectivity index (χ0v) is 15.8. The zero-order chi connectivity index (χ0) is 19.5. The van der Waals surface area contributed by atoms with E-state index in [1.54, 1.807) is 24.3 Å². The molecule has 0 radical (unpaired) electrons. The van der Waals surface area contributed by atoms with Crippen LogP contribution in [-0.2, 0) is 9.59 Å². The third-order valence-corrected chi connectivity index (χ3v) is 4.79. The Morgan fingerprint density at radius 2 is 1.82 bits per heavy atom. The fourth-order valence-electron chi connectivity index (χ4n) is 2.73. The van der Waals surface area contributed by atoms with Crippen molar-refractivity contribution >= 4 is 34.0 Å². The predicted octanol–water partition coefficient (Wildman–Crippen LogP) is 3.55. The van der Waals surface area contributed by atoms with Crippen LogP contribution in [0.25, 0.3) is 11.3 Å². The highest BCUT2D eigenvalue weighted by molar-refractivity contribution is 7.14. The number of amides is 2. The van der Waals surface area contributed by atoms with E-state index in [2.05, 4.69) is 15.6 Å². The Hall–Kier alpha value is -3.39. The first-order valence-electron chi connectivity index (χ1n) is 8.61. The van der Waals surface area contributed by atoms with Gasteiger partial charge in [0.05, 0.1) is 5.69 Å². The van der Waals surface area contributed by atoms with Gasteiger partial charge in [0.1, 0.15) is 6.61 Å². The van der Waals surface area contributed by atoms with Crippen LogP contribution in [0.15, 0.2) is 53.9 Å². The minimum absolute atomic E-state index is 0.122. The molecule has 1 aliphatic heterocycles. The van der Waals surface area contributed by atoms with Gasteiger partial charge < -0.3 is 14.8 Å². The SMILES string of the molecule is CC(=O)Nc1ccc(-c2csc(NC(=O)[C@@H]3COc4ccccc4O3)n2)cc1. The van der Waals surface area contributed by atoms with Gasteiger partial charge in [-0.25, -0.2) is 4.98 Å². The summed E-state index contributed by atoms with van der Waals surface area (Å²) in [7, 11) is 0. The van der Waals surface area contributed by atoms with Gasteiger partial charge in [0, 0.05) is 23.6 Å². The van der Waals surface area contributed by atoms with Crippen LogP contribution in [0.1, 0.15) is 6.92 Å². The lowest BCUT2D eigenvalue weighted by Gasteiger charge is -2.25. The maximum absolute atomic E-state index is 12.5. The number of anilines is 2. The average Bonchev–Trinajstić information content (AvgIpc) is 3.16. The topological polar surface area (TPSA) is 89.6 Å². The van der Waals surface area contributed by atoms with Gasteiger partial charge in [-0.05, 0) is 24.3 Å². The number of hydrogen-bond donors (Lipinski definition) is 2. The first-order valence-corrected chi connectivity index (χ1v) is 9.49. The Labute approximate surface area is 165 Å². The Bertz CT molecular complexity index is 1020. The molecule has 2 heterocycles. The minimum Gasteiger partial charge on any atom is -0.485 e. The number of nitrogens with one attached hydrogen (secondary N) is 2. The van der Waals surface area contributed by atoms with E-state index in [9.17, 15) is 9.59 Å². The molecule has 2 aromatic carbocycles. The third-order valence-electron chi connectivity index (χ3n) is 4.04. The second kappa shape index (κ2) is 7.69. The molecule has 4 rings (SSSR count). The van der Waals surface area contributed by atoms with Crippen molar-refractivity contribution in [3.05, 3.63) is 53.9 Å². The van der Waals surface area contributed by atoms with Crippen LogP contribution < -0.4 is 20.1 Å². The molecule has 0 unspecified atom stereocenters. The largest absolute Gasteiger partial charge is 0.485 e. The van der Waals surface area contributed by atoms with Gasteiger partial charge >= 0.3 is 0 Å². The molecule has 2 amide bonds. The smallest absolute Gasteiger partial charge is 0.270 e. The number of ether oxygens (including phenoxy) is 2. The van der Waals surface area contributed by atoms with E-state index in [4.69, 9.17) is 9.47 Å². The molecule has 2 N–H and O–H groups in total. The average molecular weight is 395 g/mol. The molecule has 0 saturated carbocycles. The van der Waals surface area contributed by atoms with E-state index in [1.807, 2.05) is 29.6 Å². The van der Waals surface area contributed by atoms with E-state index in [0.29, 0.717) is 16.6 Å². The Morgan fingerprint density at radius 1 is 1.07 bits per heavy atom. The molecule has 0 saturated heterocycles. The Morgan fingerprint density at radius 3 is 2.57 bits per heavy atom. The van der Waals surface area contributed by atoms with E-state index in [-0.39, 0.29) is 18.4 Å². The van der Waals surface area contributed by atoms with Crippen molar-refractivity contribution in [1.29, 1.82) is 0 Å². The highest BCUT2D eigenvalue weighted by Gasteiger charge is 2.27. The van der Waals surface area contributed by atoms with Gasteiger partial charge in [0.25, 0.3) is 5.91 Å². The number of nitrogens with zero attached hydrogens (tertiary/aromatic N) is 1. The van der Waals surface area contributed by atoms with Crippen LogP contribution in [-0.4, -0.2) is 29.5 Å². The normalized spacial score (nSPS) is 15.0. The third kappa shape index (κ3) is 3.96. The van der Waals surface area contributed by atoms with Gasteiger partial charge in [-0.1, -0.05) is 24.3 Å². The molecule has 3 aromatic rings. The number of hydrogen-bond acceptors (Lipinski definition) is 6. The van der Waals surface area contributed by atoms with E-state index in [1.165, 1.54) is 18.3 Å². The lowest BCUT2D eigenvalue weighted by Crippen LogP contribution is -2.40. The first kappa shape index (κ1) is 18.0. The number of benzene rings is 2. The lowest BCUT2D eigenvalue weighted by molar-refractivity contribution is -0.125. The molecule has 1 aromatic heterocycles. The van der Waals surface area contributed by atoms with E-state index >= 15 is 0 Å². The van der Waals surface area contributed by atoms with Crippen molar-refractivity contribution in [2.24, 2.45) is 0 Å². The van der Waals surface area contributed by atoms with Crippen LogP contribution >= 0.6 is 11.3 Å². The minimum atomic E-state index is -0.737. The summed E-state index contributed by atoms with van der Waals surface area (Å²) in [5.41, 5.74) is 2.34. The number of aromatic nitrogens is 1. The summed E-state index contributed by atoms with van der Waals surface area (Å²) in [5, 5.41) is 7.83. The number of fused-ring (bicyclic) bond motifs is 1. The van der Waals surface area contributed by atoms with Gasteiger partial charge in [0.2, 0.25) is 12.0 Å². The van der Waals surface area contributed by atoms with Gasteiger partial charge in [0.15, 0.2) is 16.6 Å².